The predicted molar refractivity (Wildman–Crippen MR) is 40.7 cm³/mol. The normalized spacial score (nSPS) is 18.6. The van der Waals surface area contributed by atoms with Crippen LogP contribution < -0.4 is 0 Å². The molecule has 0 saturated carbocycles. The van der Waals surface area contributed by atoms with Crippen LogP contribution in [-0.2, 0) is 0 Å². The molecule has 0 fully saturated rings. The van der Waals surface area contributed by atoms with E-state index in [0.717, 1.165) is 0 Å². The van der Waals surface area contributed by atoms with Crippen molar-refractivity contribution in [2.75, 3.05) is 6.61 Å². The Hall–Kier alpha value is -0.110. The molecule has 1 N–H and O–H groups in total. The molecule has 0 aliphatic carbocycles. The van der Waals surface area contributed by atoms with Crippen molar-refractivity contribution in [3.63, 3.8) is 0 Å². The molecule has 0 saturated heterocycles. The van der Waals surface area contributed by atoms with Gasteiger partial charge in [-0.15, -0.1) is 0 Å². The van der Waals surface area contributed by atoms with Crippen molar-refractivity contribution in [3.8, 4) is 0 Å². The highest BCUT2D eigenvalue weighted by molar-refractivity contribution is 4.78. The summed E-state index contributed by atoms with van der Waals surface area (Å²) in [5.74, 6) is 0. The summed E-state index contributed by atoms with van der Waals surface area (Å²) in [6.07, 6.45) is 0.399. The molecule has 0 rings (SSSR count). The molecule has 0 unspecified atom stereocenters. The van der Waals surface area contributed by atoms with E-state index in [9.17, 15) is 4.39 Å². The van der Waals surface area contributed by atoms with Crippen LogP contribution in [0.5, 0.6) is 0 Å². The highest BCUT2D eigenvalue weighted by Gasteiger charge is 2.28. The second-order valence-corrected chi connectivity index (χ2v) is 4.31. The van der Waals surface area contributed by atoms with Crippen molar-refractivity contribution >= 4 is 0 Å². The lowest BCUT2D eigenvalue weighted by atomic mass is 9.84. The number of rotatable bonds is 2. The monoisotopic (exact) mass is 148 g/mol. The van der Waals surface area contributed by atoms with Gasteiger partial charge in [0.25, 0.3) is 0 Å². The SMILES string of the molecule is CC(C)(C)C[C@](C)(F)CO. The molecule has 0 bridgehead atoms. The molecule has 0 aromatic carbocycles. The third kappa shape index (κ3) is 4.74. The summed E-state index contributed by atoms with van der Waals surface area (Å²) in [5, 5.41) is 8.58. The van der Waals surface area contributed by atoms with Crippen molar-refractivity contribution in [1.29, 1.82) is 0 Å². The summed E-state index contributed by atoms with van der Waals surface area (Å²) in [7, 11) is 0. The van der Waals surface area contributed by atoms with Crippen LogP contribution in [0.2, 0.25) is 0 Å². The molecule has 0 aromatic rings. The lowest BCUT2D eigenvalue weighted by Crippen LogP contribution is -2.29. The third-order valence-corrected chi connectivity index (χ3v) is 1.23. The topological polar surface area (TPSA) is 20.2 Å². The zero-order chi connectivity index (χ0) is 8.41. The van der Waals surface area contributed by atoms with Crippen LogP contribution in [0.3, 0.4) is 0 Å². The molecule has 2 heteroatoms. The van der Waals surface area contributed by atoms with Crippen molar-refractivity contribution < 1.29 is 9.50 Å². The Balaban J connectivity index is 3.89. The van der Waals surface area contributed by atoms with Crippen molar-refractivity contribution in [2.24, 2.45) is 5.41 Å². The molecule has 10 heavy (non-hydrogen) atoms. The quantitative estimate of drug-likeness (QED) is 0.636. The van der Waals surface area contributed by atoms with Gasteiger partial charge < -0.3 is 5.11 Å². The van der Waals surface area contributed by atoms with E-state index >= 15 is 0 Å². The Morgan fingerprint density at radius 2 is 1.60 bits per heavy atom. The molecule has 0 aromatic heterocycles. The summed E-state index contributed by atoms with van der Waals surface area (Å²) in [6.45, 7) is 6.92. The zero-order valence-corrected chi connectivity index (χ0v) is 7.24. The van der Waals surface area contributed by atoms with E-state index in [1.807, 2.05) is 20.8 Å². The van der Waals surface area contributed by atoms with Crippen molar-refractivity contribution in [2.45, 2.75) is 39.8 Å². The van der Waals surface area contributed by atoms with Crippen LogP contribution in [0.4, 0.5) is 4.39 Å². The first kappa shape index (κ1) is 9.89. The van der Waals surface area contributed by atoms with Gasteiger partial charge in [-0.05, 0) is 18.8 Å². The summed E-state index contributed by atoms with van der Waals surface area (Å²) in [5.41, 5.74) is -1.47. The van der Waals surface area contributed by atoms with Crippen LogP contribution in [0.15, 0.2) is 0 Å². The number of halogens is 1. The minimum absolute atomic E-state index is 0.0494. The number of hydrogen-bond acceptors (Lipinski definition) is 1. The average molecular weight is 148 g/mol. The molecule has 0 amide bonds. The second-order valence-electron chi connectivity index (χ2n) is 4.31. The van der Waals surface area contributed by atoms with E-state index in [2.05, 4.69) is 0 Å². The predicted octanol–water partition coefficient (Wildman–Crippen LogP) is 2.14. The van der Waals surface area contributed by atoms with Gasteiger partial charge in [0.1, 0.15) is 5.67 Å². The molecule has 0 aliphatic rings. The Bertz CT molecular complexity index is 102. The van der Waals surface area contributed by atoms with Gasteiger partial charge in [-0.3, -0.25) is 0 Å². The van der Waals surface area contributed by atoms with Crippen LogP contribution in [-0.4, -0.2) is 17.4 Å². The van der Waals surface area contributed by atoms with Gasteiger partial charge in [-0.25, -0.2) is 4.39 Å². The van der Waals surface area contributed by atoms with Gasteiger partial charge in [0.2, 0.25) is 0 Å². The molecule has 0 spiro atoms. The van der Waals surface area contributed by atoms with E-state index in [1.54, 1.807) is 0 Å². The lowest BCUT2D eigenvalue weighted by molar-refractivity contribution is 0.0489. The Morgan fingerprint density at radius 1 is 1.20 bits per heavy atom. The van der Waals surface area contributed by atoms with Crippen LogP contribution in [0.1, 0.15) is 34.1 Å². The summed E-state index contributed by atoms with van der Waals surface area (Å²) in [6, 6.07) is 0. The standard InChI is InChI=1S/C8H17FO/c1-7(2,3)5-8(4,9)6-10/h10H,5-6H2,1-4H3/t8-/m0/s1. The number of aliphatic hydroxyl groups excluding tert-OH is 1. The fraction of sp³-hybridized carbons (Fsp3) is 1.00. The highest BCUT2D eigenvalue weighted by Crippen LogP contribution is 2.29. The van der Waals surface area contributed by atoms with Gasteiger partial charge in [-0.2, -0.15) is 0 Å². The van der Waals surface area contributed by atoms with E-state index in [0.29, 0.717) is 6.42 Å². The van der Waals surface area contributed by atoms with Crippen molar-refractivity contribution in [3.05, 3.63) is 0 Å². The smallest absolute Gasteiger partial charge is 0.131 e. The molecule has 0 heterocycles. The van der Waals surface area contributed by atoms with Gasteiger partial charge in [0.05, 0.1) is 6.61 Å². The lowest BCUT2D eigenvalue weighted by Gasteiger charge is -2.26. The van der Waals surface area contributed by atoms with Crippen LogP contribution >= 0.6 is 0 Å². The number of aliphatic hydroxyl groups is 1. The molecule has 0 aliphatic heterocycles. The maximum Gasteiger partial charge on any atom is 0.131 e. The van der Waals surface area contributed by atoms with Crippen molar-refractivity contribution in [1.82, 2.24) is 0 Å². The molecular formula is C8H17FO. The first-order valence-electron chi connectivity index (χ1n) is 3.57. The van der Waals surface area contributed by atoms with Gasteiger partial charge >= 0.3 is 0 Å². The van der Waals surface area contributed by atoms with Gasteiger partial charge in [0.15, 0.2) is 0 Å². The molecule has 1 atom stereocenters. The maximum atomic E-state index is 13.1. The summed E-state index contributed by atoms with van der Waals surface area (Å²) in [4.78, 5) is 0. The fourth-order valence-electron chi connectivity index (χ4n) is 1.16. The molecular weight excluding hydrogens is 131 g/mol. The second kappa shape index (κ2) is 2.87. The Morgan fingerprint density at radius 3 is 1.70 bits per heavy atom. The third-order valence-electron chi connectivity index (χ3n) is 1.23. The van der Waals surface area contributed by atoms with Crippen LogP contribution in [0, 0.1) is 5.41 Å². The molecule has 1 nitrogen and oxygen atoms in total. The maximum absolute atomic E-state index is 13.1. The average Bonchev–Trinajstić information content (AvgIpc) is 1.60. The largest absolute Gasteiger partial charge is 0.393 e. The summed E-state index contributed by atoms with van der Waals surface area (Å²) < 4.78 is 13.1. The van der Waals surface area contributed by atoms with E-state index in [1.165, 1.54) is 6.92 Å². The molecule has 62 valence electrons. The van der Waals surface area contributed by atoms with Gasteiger partial charge in [0, 0.05) is 0 Å². The van der Waals surface area contributed by atoms with E-state index in [4.69, 9.17) is 5.11 Å². The van der Waals surface area contributed by atoms with E-state index < -0.39 is 5.67 Å². The first-order valence-corrected chi connectivity index (χ1v) is 3.57. The highest BCUT2D eigenvalue weighted by atomic mass is 19.1. The van der Waals surface area contributed by atoms with Crippen LogP contribution in [0.25, 0.3) is 0 Å². The number of alkyl halides is 1. The minimum Gasteiger partial charge on any atom is -0.393 e. The number of hydrogen-bond donors (Lipinski definition) is 1. The first-order chi connectivity index (χ1) is 4.27. The van der Waals surface area contributed by atoms with Gasteiger partial charge in [-0.1, -0.05) is 20.8 Å². The Kier molecular flexibility index (Phi) is 2.84. The Labute approximate surface area is 62.3 Å². The molecule has 0 radical (unpaired) electrons. The zero-order valence-electron chi connectivity index (χ0n) is 7.24. The van der Waals surface area contributed by atoms with E-state index in [-0.39, 0.29) is 12.0 Å². The summed E-state index contributed by atoms with van der Waals surface area (Å²) >= 11 is 0. The minimum atomic E-state index is -1.42. The fourth-order valence-corrected chi connectivity index (χ4v) is 1.16.